The number of nitrogens with zero attached hydrogens (tertiary/aromatic N) is 4. The van der Waals surface area contributed by atoms with Gasteiger partial charge in [-0.05, 0) is 40.7 Å². The number of thiophene rings is 1. The summed E-state index contributed by atoms with van der Waals surface area (Å²) in [6.07, 6.45) is 9.05. The van der Waals surface area contributed by atoms with Crippen molar-refractivity contribution in [2.24, 2.45) is 0 Å². The maximum absolute atomic E-state index is 13.3. The molecule has 3 rings (SSSR count). The number of sulfone groups is 1. The second-order valence-electron chi connectivity index (χ2n) is 6.00. The number of carbonyl (C=O) groups is 1. The Balaban J connectivity index is 2.03. The van der Waals surface area contributed by atoms with Gasteiger partial charge in [0, 0.05) is 25.1 Å². The molecule has 30 heavy (non-hydrogen) atoms. The van der Waals surface area contributed by atoms with E-state index in [1.165, 1.54) is 37.2 Å². The molecule has 0 fully saturated rings. The van der Waals surface area contributed by atoms with Gasteiger partial charge in [0.25, 0.3) is 0 Å². The summed E-state index contributed by atoms with van der Waals surface area (Å²) in [4.78, 5) is 20.7. The van der Waals surface area contributed by atoms with Crippen LogP contribution in [0.3, 0.4) is 0 Å². The van der Waals surface area contributed by atoms with E-state index in [4.69, 9.17) is 4.74 Å². The van der Waals surface area contributed by atoms with Crippen LogP contribution in [0.15, 0.2) is 55.5 Å². The van der Waals surface area contributed by atoms with Crippen LogP contribution in [0.1, 0.15) is 23.0 Å². The van der Waals surface area contributed by atoms with E-state index in [9.17, 15) is 13.2 Å². The van der Waals surface area contributed by atoms with E-state index >= 15 is 0 Å². The average Bonchev–Trinajstić information content (AvgIpc) is 3.41. The summed E-state index contributed by atoms with van der Waals surface area (Å²) in [5.74, 6) is 0.00130. The number of carbonyl (C=O) groups excluding carboxylic acids is 1. The fourth-order valence-corrected chi connectivity index (χ4v) is 7.29. The normalized spacial score (nSPS) is 11.5. The molecule has 0 N–H and O–H groups in total. The van der Waals surface area contributed by atoms with Gasteiger partial charge in [-0.15, -0.1) is 23.1 Å². The van der Waals surface area contributed by atoms with Crippen LogP contribution in [0.25, 0.3) is 0 Å². The third-order valence-corrected chi connectivity index (χ3v) is 8.92. The molecule has 0 spiro atoms. The Bertz CT molecular complexity index is 1150. The Kier molecular flexibility index (Phi) is 7.22. The highest BCUT2D eigenvalue weighted by molar-refractivity contribution is 9.10. The van der Waals surface area contributed by atoms with Crippen molar-refractivity contribution >= 4 is 60.7 Å². The van der Waals surface area contributed by atoms with Gasteiger partial charge in [0.2, 0.25) is 9.84 Å². The first kappa shape index (κ1) is 22.8. The lowest BCUT2D eigenvalue weighted by Crippen LogP contribution is -2.30. The van der Waals surface area contributed by atoms with Crippen molar-refractivity contribution in [3.63, 3.8) is 0 Å². The van der Waals surface area contributed by atoms with Crippen molar-refractivity contribution in [2.45, 2.75) is 27.3 Å². The Labute approximate surface area is 191 Å². The molecule has 0 atom stereocenters. The molecule has 0 aliphatic rings. The van der Waals surface area contributed by atoms with Gasteiger partial charge in [-0.1, -0.05) is 6.92 Å². The Morgan fingerprint density at radius 3 is 2.73 bits per heavy atom. The van der Waals surface area contributed by atoms with Gasteiger partial charge in [-0.25, -0.2) is 27.9 Å². The molecular weight excluding hydrogens is 512 g/mol. The molecule has 3 heterocycles. The van der Waals surface area contributed by atoms with Gasteiger partial charge in [0.05, 0.1) is 25.6 Å². The summed E-state index contributed by atoms with van der Waals surface area (Å²) in [5.41, 5.74) is 0. The largest absolute Gasteiger partial charge is 0.465 e. The molecule has 0 saturated carbocycles. The third-order valence-electron chi connectivity index (χ3n) is 4.08. The van der Waals surface area contributed by atoms with Crippen molar-refractivity contribution in [2.75, 3.05) is 24.9 Å². The topological polar surface area (TPSA) is 94.4 Å². The summed E-state index contributed by atoms with van der Waals surface area (Å²) in [5, 5.41) is 1.89. The number of rotatable bonds is 8. The van der Waals surface area contributed by atoms with E-state index in [2.05, 4.69) is 25.9 Å². The fourth-order valence-electron chi connectivity index (χ4n) is 2.70. The highest BCUT2D eigenvalue weighted by atomic mass is 79.9. The first-order valence-corrected chi connectivity index (χ1v) is 13.1. The van der Waals surface area contributed by atoms with Gasteiger partial charge in [0.1, 0.15) is 11.2 Å². The van der Waals surface area contributed by atoms with Crippen molar-refractivity contribution in [3.8, 4) is 0 Å². The lowest BCUT2D eigenvalue weighted by atomic mass is 10.4. The first-order chi connectivity index (χ1) is 14.3. The van der Waals surface area contributed by atoms with E-state index in [0.717, 1.165) is 17.8 Å². The maximum Gasteiger partial charge on any atom is 0.348 e. The molecule has 3 aromatic heterocycles. The zero-order valence-electron chi connectivity index (χ0n) is 16.4. The van der Waals surface area contributed by atoms with Crippen LogP contribution < -0.4 is 5.01 Å². The molecule has 0 unspecified atom stereocenters. The van der Waals surface area contributed by atoms with Gasteiger partial charge in [-0.2, -0.15) is 0 Å². The highest BCUT2D eigenvalue weighted by Gasteiger charge is 2.28. The number of thioether (sulfide) groups is 1. The van der Waals surface area contributed by atoms with Crippen LogP contribution >= 0.6 is 39.0 Å². The molecular formula is C18H19BrN4O4S3. The Morgan fingerprint density at radius 2 is 2.17 bits per heavy atom. The number of pyridine rings is 1. The lowest BCUT2D eigenvalue weighted by molar-refractivity contribution is 0.0606. The summed E-state index contributed by atoms with van der Waals surface area (Å²) >= 11 is 5.82. The van der Waals surface area contributed by atoms with Crippen molar-refractivity contribution in [3.05, 3.63) is 46.4 Å². The van der Waals surface area contributed by atoms with Crippen molar-refractivity contribution < 1.29 is 17.9 Å². The van der Waals surface area contributed by atoms with Gasteiger partial charge in [-0.3, -0.25) is 5.01 Å². The van der Waals surface area contributed by atoms with Crippen LogP contribution in [0.4, 0.5) is 5.82 Å². The Morgan fingerprint density at radius 1 is 1.40 bits per heavy atom. The van der Waals surface area contributed by atoms with Crippen LogP contribution in [0.2, 0.25) is 0 Å². The quantitative estimate of drug-likeness (QED) is 0.317. The monoisotopic (exact) mass is 530 g/mol. The molecule has 12 heteroatoms. The van der Waals surface area contributed by atoms with Crippen LogP contribution in [0, 0.1) is 0 Å². The van der Waals surface area contributed by atoms with Crippen molar-refractivity contribution in [1.82, 2.24) is 14.6 Å². The molecule has 0 bridgehead atoms. The molecule has 0 aromatic carbocycles. The summed E-state index contributed by atoms with van der Waals surface area (Å²) < 4.78 is 34.1. The lowest BCUT2D eigenvalue weighted by Gasteiger charge is -2.25. The maximum atomic E-state index is 13.3. The van der Waals surface area contributed by atoms with Crippen molar-refractivity contribution in [1.29, 1.82) is 0 Å². The van der Waals surface area contributed by atoms with E-state index in [0.29, 0.717) is 21.0 Å². The number of halogens is 1. The second-order valence-corrected chi connectivity index (χ2v) is 10.9. The number of aromatic nitrogens is 3. The molecule has 8 nitrogen and oxygen atoms in total. The molecule has 0 aliphatic heterocycles. The average molecular weight is 531 g/mol. The van der Waals surface area contributed by atoms with Crippen LogP contribution in [0.5, 0.6) is 0 Å². The standard InChI is InChI=1S/C18H19BrN4O4S3/c1-4-6-23(22-7-5-20-11-22)16-13(19)8-12(10-21-16)30(25,26)15-9-14(17(24)27-2)29-18(15)28-3/h5,7-11H,4,6H2,1-3H3. The summed E-state index contributed by atoms with van der Waals surface area (Å²) in [6.45, 7) is 2.70. The molecule has 160 valence electrons. The summed E-state index contributed by atoms with van der Waals surface area (Å²) in [6, 6.07) is 2.88. The summed E-state index contributed by atoms with van der Waals surface area (Å²) in [7, 11) is -2.62. The number of methoxy groups -OCH3 is 1. The number of anilines is 1. The number of hydrogen-bond acceptors (Lipinski definition) is 9. The van der Waals surface area contributed by atoms with Gasteiger partial charge < -0.3 is 4.74 Å². The molecule has 0 radical (unpaired) electrons. The minimum absolute atomic E-state index is 0.0321. The van der Waals surface area contributed by atoms with E-state index in [1.54, 1.807) is 29.7 Å². The fraction of sp³-hybridized carbons (Fsp3) is 0.278. The molecule has 0 amide bonds. The molecule has 0 saturated heterocycles. The smallest absolute Gasteiger partial charge is 0.348 e. The second kappa shape index (κ2) is 9.50. The Hall–Kier alpha value is -1.89. The molecule has 3 aromatic rings. The number of esters is 1. The predicted molar refractivity (Wildman–Crippen MR) is 120 cm³/mol. The third kappa shape index (κ3) is 4.41. The van der Waals surface area contributed by atoms with E-state index < -0.39 is 15.8 Å². The highest BCUT2D eigenvalue weighted by Crippen LogP contribution is 2.38. The number of hydrogen-bond donors (Lipinski definition) is 0. The predicted octanol–water partition coefficient (Wildman–Crippen LogP) is 4.12. The zero-order valence-corrected chi connectivity index (χ0v) is 20.4. The zero-order chi connectivity index (χ0) is 21.9. The number of ether oxygens (including phenoxy) is 1. The van der Waals surface area contributed by atoms with Gasteiger partial charge in [0.15, 0.2) is 5.82 Å². The van der Waals surface area contributed by atoms with E-state index in [-0.39, 0.29) is 14.7 Å². The number of imidazole rings is 1. The van der Waals surface area contributed by atoms with E-state index in [1.807, 2.05) is 11.9 Å². The minimum atomic E-state index is -3.88. The molecule has 0 aliphatic carbocycles. The van der Waals surface area contributed by atoms with Gasteiger partial charge >= 0.3 is 5.97 Å². The van der Waals surface area contributed by atoms with Crippen LogP contribution in [-0.2, 0) is 14.6 Å². The first-order valence-electron chi connectivity index (χ1n) is 8.76. The minimum Gasteiger partial charge on any atom is -0.465 e. The SMILES string of the molecule is CCCN(c1ncc(S(=O)(=O)c2cc(C(=O)OC)sc2SC)cc1Br)n1ccnc1. The van der Waals surface area contributed by atoms with Crippen LogP contribution in [-0.4, -0.2) is 48.9 Å².